The zero-order valence-electron chi connectivity index (χ0n) is 15.8. The number of nitrogens with one attached hydrogen (secondary N) is 1. The molecule has 1 N–H and O–H groups in total. The van der Waals surface area contributed by atoms with Gasteiger partial charge in [-0.05, 0) is 56.5 Å². The molecular formula is C20H23ClN2O4. The number of pyridine rings is 1. The van der Waals surface area contributed by atoms with Gasteiger partial charge >= 0.3 is 5.97 Å². The van der Waals surface area contributed by atoms with Crippen LogP contribution >= 0.6 is 11.6 Å². The number of hydrogen-bond acceptors (Lipinski definition) is 5. The zero-order valence-corrected chi connectivity index (χ0v) is 16.6. The van der Waals surface area contributed by atoms with E-state index in [-0.39, 0.29) is 16.6 Å². The van der Waals surface area contributed by atoms with Crippen molar-refractivity contribution in [1.29, 1.82) is 0 Å². The van der Waals surface area contributed by atoms with Gasteiger partial charge in [-0.3, -0.25) is 4.79 Å². The fraction of sp³-hybridized carbons (Fsp3) is 0.350. The summed E-state index contributed by atoms with van der Waals surface area (Å²) in [6, 6.07) is 9.34. The van der Waals surface area contributed by atoms with Crippen LogP contribution in [0.3, 0.4) is 0 Å². The summed E-state index contributed by atoms with van der Waals surface area (Å²) < 4.78 is 10.3. The number of hydrogen-bond donors (Lipinski definition) is 1. The molecule has 0 aliphatic carbocycles. The number of ether oxygens (including phenoxy) is 2. The number of rotatable bonds is 7. The van der Waals surface area contributed by atoms with E-state index >= 15 is 0 Å². The van der Waals surface area contributed by atoms with Crippen molar-refractivity contribution in [2.24, 2.45) is 0 Å². The number of aryl methyl sites for hydroxylation is 2. The molecule has 27 heavy (non-hydrogen) atoms. The van der Waals surface area contributed by atoms with Crippen LogP contribution in [-0.4, -0.2) is 36.6 Å². The third-order valence-corrected chi connectivity index (χ3v) is 4.30. The van der Waals surface area contributed by atoms with Crippen molar-refractivity contribution in [1.82, 2.24) is 10.3 Å². The van der Waals surface area contributed by atoms with E-state index in [2.05, 4.69) is 10.3 Å². The molecule has 0 spiro atoms. The van der Waals surface area contributed by atoms with Crippen molar-refractivity contribution in [3.8, 4) is 5.75 Å². The van der Waals surface area contributed by atoms with E-state index in [1.807, 2.05) is 24.3 Å². The number of amides is 1. The lowest BCUT2D eigenvalue weighted by Gasteiger charge is -2.15. The van der Waals surface area contributed by atoms with Gasteiger partial charge in [0.15, 0.2) is 6.10 Å². The minimum absolute atomic E-state index is 0.0737. The maximum atomic E-state index is 12.3. The normalized spacial score (nSPS) is 11.6. The van der Waals surface area contributed by atoms with Gasteiger partial charge in [0.05, 0.1) is 12.7 Å². The molecule has 2 aromatic rings. The summed E-state index contributed by atoms with van der Waals surface area (Å²) in [4.78, 5) is 28.6. The molecule has 2 rings (SSSR count). The molecule has 0 saturated heterocycles. The van der Waals surface area contributed by atoms with Crippen LogP contribution in [0.2, 0.25) is 5.15 Å². The molecule has 0 aliphatic heterocycles. The molecule has 0 bridgehead atoms. The number of benzene rings is 1. The number of esters is 1. The van der Waals surface area contributed by atoms with Crippen LogP contribution in [0.4, 0.5) is 0 Å². The Morgan fingerprint density at radius 1 is 1.22 bits per heavy atom. The van der Waals surface area contributed by atoms with Crippen molar-refractivity contribution in [2.45, 2.75) is 33.3 Å². The molecule has 6 nitrogen and oxygen atoms in total. The minimum atomic E-state index is -0.940. The summed E-state index contributed by atoms with van der Waals surface area (Å²) in [5.74, 6) is -0.253. The van der Waals surface area contributed by atoms with Crippen LogP contribution in [0.25, 0.3) is 0 Å². The summed E-state index contributed by atoms with van der Waals surface area (Å²) in [5.41, 5.74) is 2.61. The van der Waals surface area contributed by atoms with E-state index in [1.54, 1.807) is 27.0 Å². The van der Waals surface area contributed by atoms with E-state index < -0.39 is 12.1 Å². The van der Waals surface area contributed by atoms with E-state index in [4.69, 9.17) is 21.1 Å². The first-order chi connectivity index (χ1) is 12.8. The predicted octanol–water partition coefficient (Wildman–Crippen LogP) is 3.26. The summed E-state index contributed by atoms with van der Waals surface area (Å²) in [6.07, 6.45) is -0.284. The monoisotopic (exact) mass is 390 g/mol. The average molecular weight is 391 g/mol. The molecule has 1 amide bonds. The van der Waals surface area contributed by atoms with Crippen LogP contribution in [0, 0.1) is 13.8 Å². The minimum Gasteiger partial charge on any atom is -0.497 e. The molecule has 7 heteroatoms. The molecule has 144 valence electrons. The van der Waals surface area contributed by atoms with Crippen molar-refractivity contribution >= 4 is 23.5 Å². The highest BCUT2D eigenvalue weighted by molar-refractivity contribution is 6.32. The fourth-order valence-corrected chi connectivity index (χ4v) is 2.93. The number of carbonyl (C=O) groups excluding carboxylic acids is 2. The first-order valence-electron chi connectivity index (χ1n) is 8.57. The Bertz CT molecular complexity index is 798. The zero-order chi connectivity index (χ0) is 20.0. The molecule has 1 heterocycles. The Morgan fingerprint density at radius 2 is 1.89 bits per heavy atom. The van der Waals surface area contributed by atoms with E-state index in [1.165, 1.54) is 6.92 Å². The summed E-state index contributed by atoms with van der Waals surface area (Å²) >= 11 is 6.04. The fourth-order valence-electron chi connectivity index (χ4n) is 2.58. The molecular weight excluding hydrogens is 368 g/mol. The van der Waals surface area contributed by atoms with Crippen LogP contribution in [0.1, 0.15) is 34.1 Å². The number of carbonyl (C=O) groups is 2. The van der Waals surface area contributed by atoms with Gasteiger partial charge in [-0.1, -0.05) is 23.7 Å². The molecule has 0 radical (unpaired) electrons. The second kappa shape index (κ2) is 9.37. The van der Waals surface area contributed by atoms with E-state index in [0.29, 0.717) is 24.2 Å². The number of nitrogens with zero attached hydrogens (tertiary/aromatic N) is 1. The third kappa shape index (κ3) is 5.69. The lowest BCUT2D eigenvalue weighted by atomic mass is 10.1. The molecule has 0 saturated carbocycles. The third-order valence-electron chi connectivity index (χ3n) is 4.03. The second-order valence-electron chi connectivity index (χ2n) is 6.18. The molecule has 1 aromatic heterocycles. The summed E-state index contributed by atoms with van der Waals surface area (Å²) in [6.45, 7) is 5.48. The quantitative estimate of drug-likeness (QED) is 0.580. The maximum Gasteiger partial charge on any atom is 0.342 e. The Hall–Kier alpha value is -2.60. The number of halogens is 1. The van der Waals surface area contributed by atoms with Gasteiger partial charge in [-0.2, -0.15) is 0 Å². The van der Waals surface area contributed by atoms with Gasteiger partial charge in [0, 0.05) is 12.2 Å². The molecule has 0 aliphatic rings. The Morgan fingerprint density at radius 3 is 2.48 bits per heavy atom. The molecule has 1 aromatic carbocycles. The van der Waals surface area contributed by atoms with E-state index in [9.17, 15) is 9.59 Å². The Balaban J connectivity index is 1.87. The lowest BCUT2D eigenvalue weighted by molar-refractivity contribution is -0.129. The maximum absolute atomic E-state index is 12.3. The number of aromatic nitrogens is 1. The largest absolute Gasteiger partial charge is 0.497 e. The molecule has 0 unspecified atom stereocenters. The first-order valence-corrected chi connectivity index (χ1v) is 8.95. The van der Waals surface area contributed by atoms with Gasteiger partial charge in [0.25, 0.3) is 5.91 Å². The number of methoxy groups -OCH3 is 1. The van der Waals surface area contributed by atoms with Crippen LogP contribution in [0.5, 0.6) is 5.75 Å². The van der Waals surface area contributed by atoms with Crippen molar-refractivity contribution < 1.29 is 19.1 Å². The molecule has 0 fully saturated rings. The average Bonchev–Trinajstić information content (AvgIpc) is 2.61. The van der Waals surface area contributed by atoms with Gasteiger partial charge in [-0.15, -0.1) is 0 Å². The van der Waals surface area contributed by atoms with Crippen LogP contribution in [-0.2, 0) is 16.0 Å². The molecule has 1 atom stereocenters. The van der Waals surface area contributed by atoms with Crippen LogP contribution in [0.15, 0.2) is 30.3 Å². The standard InChI is InChI=1S/C20H23ClN2O4/c1-12-11-13(2)23-18(21)17(12)20(25)27-14(3)19(24)22-10-9-15-5-7-16(26-4)8-6-15/h5-8,11,14H,9-10H2,1-4H3,(H,22,24)/t14-/m0/s1. The lowest BCUT2D eigenvalue weighted by Crippen LogP contribution is -2.37. The van der Waals surface area contributed by atoms with Gasteiger partial charge in [0.2, 0.25) is 0 Å². The highest BCUT2D eigenvalue weighted by Gasteiger charge is 2.22. The summed E-state index contributed by atoms with van der Waals surface area (Å²) in [5, 5.41) is 2.83. The second-order valence-corrected chi connectivity index (χ2v) is 6.54. The van der Waals surface area contributed by atoms with Gasteiger partial charge in [0.1, 0.15) is 10.9 Å². The van der Waals surface area contributed by atoms with Crippen molar-refractivity contribution in [2.75, 3.05) is 13.7 Å². The van der Waals surface area contributed by atoms with Gasteiger partial charge in [-0.25, -0.2) is 9.78 Å². The topological polar surface area (TPSA) is 77.5 Å². The van der Waals surface area contributed by atoms with Crippen molar-refractivity contribution in [3.05, 3.63) is 57.9 Å². The predicted molar refractivity (Wildman–Crippen MR) is 103 cm³/mol. The Labute approximate surface area is 163 Å². The smallest absolute Gasteiger partial charge is 0.342 e. The highest BCUT2D eigenvalue weighted by atomic mass is 35.5. The highest BCUT2D eigenvalue weighted by Crippen LogP contribution is 2.20. The van der Waals surface area contributed by atoms with Gasteiger partial charge < -0.3 is 14.8 Å². The Kier molecular flexibility index (Phi) is 7.19. The summed E-state index contributed by atoms with van der Waals surface area (Å²) in [7, 11) is 1.61. The van der Waals surface area contributed by atoms with E-state index in [0.717, 1.165) is 11.3 Å². The van der Waals surface area contributed by atoms with Crippen molar-refractivity contribution in [3.63, 3.8) is 0 Å². The first kappa shape index (κ1) is 20.7. The SMILES string of the molecule is COc1ccc(CCNC(=O)[C@H](C)OC(=O)c2c(C)cc(C)nc2Cl)cc1. The van der Waals surface area contributed by atoms with Crippen LogP contribution < -0.4 is 10.1 Å².